The molecule has 0 bridgehead atoms. The minimum absolute atomic E-state index is 0.0949. The van der Waals surface area contributed by atoms with Crippen molar-refractivity contribution in [3.63, 3.8) is 0 Å². The smallest absolute Gasteiger partial charge is 0.140 e. The summed E-state index contributed by atoms with van der Waals surface area (Å²) >= 11 is 0. The Labute approximate surface area is 61.6 Å². The van der Waals surface area contributed by atoms with Crippen molar-refractivity contribution >= 4 is 0 Å². The van der Waals surface area contributed by atoms with Crippen LogP contribution < -0.4 is 5.32 Å². The molecule has 0 aromatic heterocycles. The Bertz CT molecular complexity index is 161. The molecule has 2 heteroatoms. The van der Waals surface area contributed by atoms with E-state index in [4.69, 9.17) is 6.42 Å². The maximum atomic E-state index is 9.66. The van der Waals surface area contributed by atoms with Crippen molar-refractivity contribution in [1.82, 2.24) is 5.32 Å². The standard InChI is InChI=1S/C8H13NO/c1-3-8(10)6-4-5-7(8)9-2/h1,7,9-10H,4-6H2,2H3. The maximum absolute atomic E-state index is 9.66. The van der Waals surface area contributed by atoms with E-state index in [9.17, 15) is 5.11 Å². The fourth-order valence-electron chi connectivity index (χ4n) is 1.54. The van der Waals surface area contributed by atoms with Gasteiger partial charge in [-0.25, -0.2) is 0 Å². The number of likely N-dealkylation sites (N-methyl/N-ethyl adjacent to an activating group) is 1. The van der Waals surface area contributed by atoms with Crippen LogP contribution >= 0.6 is 0 Å². The van der Waals surface area contributed by atoms with Crippen LogP contribution in [-0.4, -0.2) is 23.8 Å². The quantitative estimate of drug-likeness (QED) is 0.506. The number of rotatable bonds is 1. The van der Waals surface area contributed by atoms with E-state index >= 15 is 0 Å². The van der Waals surface area contributed by atoms with Gasteiger partial charge >= 0.3 is 0 Å². The van der Waals surface area contributed by atoms with Gasteiger partial charge in [-0.05, 0) is 26.3 Å². The summed E-state index contributed by atoms with van der Waals surface area (Å²) in [5.41, 5.74) is -0.880. The van der Waals surface area contributed by atoms with Gasteiger partial charge in [-0.2, -0.15) is 0 Å². The third-order valence-corrected chi connectivity index (χ3v) is 2.23. The van der Waals surface area contributed by atoms with Gasteiger partial charge in [-0.1, -0.05) is 5.92 Å². The van der Waals surface area contributed by atoms with Crippen LogP contribution in [0.4, 0.5) is 0 Å². The predicted octanol–water partition coefficient (Wildman–Crippen LogP) is 0.123. The summed E-state index contributed by atoms with van der Waals surface area (Å²) in [5.74, 6) is 2.43. The lowest BCUT2D eigenvalue weighted by atomic mass is 9.99. The SMILES string of the molecule is C#CC1(O)CCCC1NC. The number of terminal acetylenes is 1. The molecule has 0 amide bonds. The van der Waals surface area contributed by atoms with Crippen molar-refractivity contribution < 1.29 is 5.11 Å². The molecule has 0 radical (unpaired) electrons. The van der Waals surface area contributed by atoms with E-state index in [1.165, 1.54) is 0 Å². The molecule has 1 aliphatic rings. The zero-order chi connectivity index (χ0) is 7.61. The zero-order valence-electron chi connectivity index (χ0n) is 6.22. The molecule has 2 atom stereocenters. The van der Waals surface area contributed by atoms with E-state index in [1.54, 1.807) is 0 Å². The van der Waals surface area contributed by atoms with Crippen LogP contribution in [0.5, 0.6) is 0 Å². The van der Waals surface area contributed by atoms with Crippen LogP contribution in [0, 0.1) is 12.3 Å². The Morgan fingerprint density at radius 2 is 2.50 bits per heavy atom. The Morgan fingerprint density at radius 1 is 1.80 bits per heavy atom. The Hall–Kier alpha value is -0.520. The number of nitrogens with one attached hydrogen (secondary N) is 1. The van der Waals surface area contributed by atoms with E-state index in [0.29, 0.717) is 0 Å². The molecule has 0 aliphatic heterocycles. The third-order valence-electron chi connectivity index (χ3n) is 2.23. The molecule has 0 aromatic rings. The average molecular weight is 139 g/mol. The van der Waals surface area contributed by atoms with Crippen LogP contribution in [0.25, 0.3) is 0 Å². The summed E-state index contributed by atoms with van der Waals surface area (Å²) in [6.45, 7) is 0. The van der Waals surface area contributed by atoms with E-state index in [2.05, 4.69) is 11.2 Å². The van der Waals surface area contributed by atoms with Crippen LogP contribution in [0.15, 0.2) is 0 Å². The number of aliphatic hydroxyl groups is 1. The molecule has 10 heavy (non-hydrogen) atoms. The molecule has 0 saturated heterocycles. The second-order valence-electron chi connectivity index (χ2n) is 2.80. The van der Waals surface area contributed by atoms with Gasteiger partial charge in [0, 0.05) is 6.04 Å². The van der Waals surface area contributed by atoms with Crippen molar-refractivity contribution in [2.45, 2.75) is 30.9 Å². The fraction of sp³-hybridized carbons (Fsp3) is 0.750. The number of hydrogen-bond acceptors (Lipinski definition) is 2. The molecule has 0 spiro atoms. The zero-order valence-corrected chi connectivity index (χ0v) is 6.22. The van der Waals surface area contributed by atoms with Gasteiger partial charge in [-0.15, -0.1) is 6.42 Å². The van der Waals surface area contributed by atoms with Gasteiger partial charge in [0.15, 0.2) is 0 Å². The predicted molar refractivity (Wildman–Crippen MR) is 40.5 cm³/mol. The molecule has 1 saturated carbocycles. The van der Waals surface area contributed by atoms with Gasteiger partial charge in [0.05, 0.1) is 0 Å². The Morgan fingerprint density at radius 3 is 2.90 bits per heavy atom. The molecule has 2 nitrogen and oxygen atoms in total. The topological polar surface area (TPSA) is 32.3 Å². The first kappa shape index (κ1) is 7.59. The Kier molecular flexibility index (Phi) is 1.98. The highest BCUT2D eigenvalue weighted by Crippen LogP contribution is 2.28. The molecule has 1 rings (SSSR count). The summed E-state index contributed by atoms with van der Waals surface area (Å²) in [6.07, 6.45) is 7.93. The van der Waals surface area contributed by atoms with Gasteiger partial charge in [-0.3, -0.25) is 0 Å². The molecular weight excluding hydrogens is 126 g/mol. The van der Waals surface area contributed by atoms with Crippen LogP contribution in [0.1, 0.15) is 19.3 Å². The molecular formula is C8H13NO. The minimum Gasteiger partial charge on any atom is -0.376 e. The summed E-state index contributed by atoms with van der Waals surface area (Å²) in [5, 5.41) is 12.7. The monoisotopic (exact) mass is 139 g/mol. The summed E-state index contributed by atoms with van der Waals surface area (Å²) in [6, 6.07) is 0.0949. The van der Waals surface area contributed by atoms with Crippen molar-refractivity contribution in [3.05, 3.63) is 0 Å². The number of hydrogen-bond donors (Lipinski definition) is 2. The molecule has 0 aromatic carbocycles. The first-order valence-electron chi connectivity index (χ1n) is 3.60. The lowest BCUT2D eigenvalue weighted by Gasteiger charge is -2.23. The van der Waals surface area contributed by atoms with Crippen LogP contribution in [-0.2, 0) is 0 Å². The second-order valence-corrected chi connectivity index (χ2v) is 2.80. The van der Waals surface area contributed by atoms with Crippen LogP contribution in [0.3, 0.4) is 0 Å². The molecule has 2 N–H and O–H groups in total. The van der Waals surface area contributed by atoms with E-state index < -0.39 is 5.60 Å². The average Bonchev–Trinajstić information content (AvgIpc) is 2.32. The van der Waals surface area contributed by atoms with Crippen molar-refractivity contribution in [3.8, 4) is 12.3 Å². The normalized spacial score (nSPS) is 39.5. The van der Waals surface area contributed by atoms with Crippen molar-refractivity contribution in [2.75, 3.05) is 7.05 Å². The minimum atomic E-state index is -0.880. The largest absolute Gasteiger partial charge is 0.376 e. The molecule has 1 fully saturated rings. The lowest BCUT2D eigenvalue weighted by Crippen LogP contribution is -2.43. The van der Waals surface area contributed by atoms with Gasteiger partial charge in [0.1, 0.15) is 5.60 Å². The third kappa shape index (κ3) is 1.03. The van der Waals surface area contributed by atoms with Crippen molar-refractivity contribution in [2.24, 2.45) is 0 Å². The summed E-state index contributed by atoms with van der Waals surface area (Å²) in [7, 11) is 1.83. The highest BCUT2D eigenvalue weighted by atomic mass is 16.3. The van der Waals surface area contributed by atoms with E-state index in [0.717, 1.165) is 19.3 Å². The van der Waals surface area contributed by atoms with E-state index in [-0.39, 0.29) is 6.04 Å². The second kappa shape index (κ2) is 2.61. The highest BCUT2D eigenvalue weighted by Gasteiger charge is 2.38. The highest BCUT2D eigenvalue weighted by molar-refractivity contribution is 5.15. The van der Waals surface area contributed by atoms with Crippen molar-refractivity contribution in [1.29, 1.82) is 0 Å². The van der Waals surface area contributed by atoms with Crippen LogP contribution in [0.2, 0.25) is 0 Å². The van der Waals surface area contributed by atoms with E-state index in [1.807, 2.05) is 7.05 Å². The first-order valence-corrected chi connectivity index (χ1v) is 3.60. The fourth-order valence-corrected chi connectivity index (χ4v) is 1.54. The molecule has 1 aliphatic carbocycles. The molecule has 2 unspecified atom stereocenters. The lowest BCUT2D eigenvalue weighted by molar-refractivity contribution is 0.0820. The van der Waals surface area contributed by atoms with Gasteiger partial charge in [0.2, 0.25) is 0 Å². The maximum Gasteiger partial charge on any atom is 0.140 e. The Balaban J connectivity index is 2.68. The molecule has 0 heterocycles. The first-order chi connectivity index (χ1) is 4.73. The summed E-state index contributed by atoms with van der Waals surface area (Å²) < 4.78 is 0. The van der Waals surface area contributed by atoms with Gasteiger partial charge in [0.25, 0.3) is 0 Å². The van der Waals surface area contributed by atoms with Gasteiger partial charge < -0.3 is 10.4 Å². The molecule has 56 valence electrons. The summed E-state index contributed by atoms with van der Waals surface area (Å²) in [4.78, 5) is 0.